The molecule has 154 valence electrons. The molecule has 29 heavy (non-hydrogen) atoms. The third-order valence-electron chi connectivity index (χ3n) is 4.84. The zero-order chi connectivity index (χ0) is 20.8. The molecule has 0 aromatic heterocycles. The van der Waals surface area contributed by atoms with Crippen LogP contribution in [0, 0.1) is 10.1 Å². The van der Waals surface area contributed by atoms with Gasteiger partial charge in [-0.1, -0.05) is 12.1 Å². The van der Waals surface area contributed by atoms with Crippen molar-refractivity contribution in [2.75, 3.05) is 57.2 Å². The van der Waals surface area contributed by atoms with E-state index in [1.807, 2.05) is 29.2 Å². The highest BCUT2D eigenvalue weighted by molar-refractivity contribution is 5.94. The number of carbonyl (C=O) groups excluding carboxylic acids is 1. The fourth-order valence-electron chi connectivity index (χ4n) is 3.33. The number of nitro benzene ring substituents is 1. The standard InChI is InChI=1S/C20H24N4O5/c1-28-15-7-8-16(18(13-15)24(26)27)21-20(25)14-22-9-11-23(12-10-22)17-5-3-4-6-19(17)29-2/h3-8,13H,9-12,14H2,1-2H3,(H,21,25). The fourth-order valence-corrected chi connectivity index (χ4v) is 3.33. The van der Waals surface area contributed by atoms with Crippen molar-refractivity contribution in [3.05, 3.63) is 52.6 Å². The van der Waals surface area contributed by atoms with Crippen LogP contribution in [0.4, 0.5) is 17.1 Å². The minimum absolute atomic E-state index is 0.161. The first kappa shape index (κ1) is 20.4. The third-order valence-corrected chi connectivity index (χ3v) is 4.84. The maximum atomic E-state index is 12.4. The molecule has 0 spiro atoms. The van der Waals surface area contributed by atoms with Gasteiger partial charge in [-0.2, -0.15) is 0 Å². The molecule has 9 nitrogen and oxygen atoms in total. The summed E-state index contributed by atoms with van der Waals surface area (Å²) in [6.07, 6.45) is 0. The number of carbonyl (C=O) groups is 1. The highest BCUT2D eigenvalue weighted by Gasteiger charge is 2.22. The number of piperazine rings is 1. The van der Waals surface area contributed by atoms with Crippen LogP contribution in [0.1, 0.15) is 0 Å². The van der Waals surface area contributed by atoms with Crippen LogP contribution in [-0.2, 0) is 4.79 Å². The topological polar surface area (TPSA) is 97.2 Å². The summed E-state index contributed by atoms with van der Waals surface area (Å²) in [5.74, 6) is 0.900. The highest BCUT2D eigenvalue weighted by Crippen LogP contribution is 2.30. The molecule has 3 rings (SSSR count). The third kappa shape index (κ3) is 4.94. The van der Waals surface area contributed by atoms with Gasteiger partial charge < -0.3 is 19.7 Å². The smallest absolute Gasteiger partial charge is 0.296 e. The van der Waals surface area contributed by atoms with Crippen LogP contribution in [0.2, 0.25) is 0 Å². The molecular weight excluding hydrogens is 376 g/mol. The summed E-state index contributed by atoms with van der Waals surface area (Å²) in [4.78, 5) is 27.4. The van der Waals surface area contributed by atoms with Crippen LogP contribution in [0.3, 0.4) is 0 Å². The highest BCUT2D eigenvalue weighted by atomic mass is 16.6. The molecule has 0 atom stereocenters. The first-order chi connectivity index (χ1) is 14.0. The predicted molar refractivity (Wildman–Crippen MR) is 110 cm³/mol. The number of nitrogens with one attached hydrogen (secondary N) is 1. The molecular formula is C20H24N4O5. The summed E-state index contributed by atoms with van der Waals surface area (Å²) in [5.41, 5.74) is 1.00. The van der Waals surface area contributed by atoms with Crippen LogP contribution in [0.15, 0.2) is 42.5 Å². The Bertz CT molecular complexity index is 881. The number of nitrogens with zero attached hydrogens (tertiary/aromatic N) is 3. The molecule has 1 aliphatic heterocycles. The normalized spacial score (nSPS) is 14.3. The SMILES string of the molecule is COc1ccc(NC(=O)CN2CCN(c3ccccc3OC)CC2)c([N+](=O)[O-])c1. The molecule has 0 unspecified atom stereocenters. The predicted octanol–water partition coefficient (Wildman–Crippen LogP) is 2.37. The number of hydrogen-bond acceptors (Lipinski definition) is 7. The van der Waals surface area contributed by atoms with E-state index < -0.39 is 4.92 Å². The van der Waals surface area contributed by atoms with Crippen molar-refractivity contribution in [1.29, 1.82) is 0 Å². The Morgan fingerprint density at radius 1 is 1.10 bits per heavy atom. The number of para-hydroxylation sites is 2. The van der Waals surface area contributed by atoms with E-state index in [1.54, 1.807) is 13.2 Å². The van der Waals surface area contributed by atoms with Crippen molar-refractivity contribution in [3.8, 4) is 11.5 Å². The van der Waals surface area contributed by atoms with Crippen molar-refractivity contribution in [2.24, 2.45) is 0 Å². The monoisotopic (exact) mass is 400 g/mol. The van der Waals surface area contributed by atoms with Gasteiger partial charge in [-0.25, -0.2) is 0 Å². The van der Waals surface area contributed by atoms with Crippen molar-refractivity contribution >= 4 is 23.0 Å². The summed E-state index contributed by atoms with van der Waals surface area (Å²) in [5, 5.41) is 13.9. The quantitative estimate of drug-likeness (QED) is 0.563. The Morgan fingerprint density at radius 3 is 2.48 bits per heavy atom. The van der Waals surface area contributed by atoms with E-state index >= 15 is 0 Å². The second kappa shape index (κ2) is 9.24. The van der Waals surface area contributed by atoms with Crippen LogP contribution >= 0.6 is 0 Å². The Balaban J connectivity index is 1.57. The Labute approximate surface area is 169 Å². The molecule has 1 N–H and O–H groups in total. The summed E-state index contributed by atoms with van der Waals surface area (Å²) in [6.45, 7) is 3.10. The van der Waals surface area contributed by atoms with Crippen molar-refractivity contribution in [2.45, 2.75) is 0 Å². The minimum atomic E-state index is -0.538. The molecule has 1 heterocycles. The van der Waals surface area contributed by atoms with Crippen LogP contribution in [0.5, 0.6) is 11.5 Å². The summed E-state index contributed by atoms with van der Waals surface area (Å²) >= 11 is 0. The Morgan fingerprint density at radius 2 is 1.83 bits per heavy atom. The van der Waals surface area contributed by atoms with Gasteiger partial charge in [0.15, 0.2) is 0 Å². The van der Waals surface area contributed by atoms with E-state index in [0.29, 0.717) is 18.8 Å². The van der Waals surface area contributed by atoms with Gasteiger partial charge in [0.2, 0.25) is 5.91 Å². The summed E-state index contributed by atoms with van der Waals surface area (Å²) in [7, 11) is 3.08. The zero-order valence-electron chi connectivity index (χ0n) is 16.5. The van der Waals surface area contributed by atoms with Gasteiger partial charge in [0.1, 0.15) is 17.2 Å². The molecule has 0 saturated carbocycles. The largest absolute Gasteiger partial charge is 0.496 e. The molecule has 9 heteroatoms. The molecule has 1 saturated heterocycles. The van der Waals surface area contributed by atoms with Gasteiger partial charge in [-0.15, -0.1) is 0 Å². The van der Waals surface area contributed by atoms with E-state index in [-0.39, 0.29) is 23.8 Å². The minimum Gasteiger partial charge on any atom is -0.496 e. The average molecular weight is 400 g/mol. The van der Waals surface area contributed by atoms with Crippen molar-refractivity contribution in [3.63, 3.8) is 0 Å². The average Bonchev–Trinajstić information content (AvgIpc) is 2.74. The van der Waals surface area contributed by atoms with E-state index in [4.69, 9.17) is 9.47 Å². The van der Waals surface area contributed by atoms with E-state index in [0.717, 1.165) is 24.5 Å². The number of ether oxygens (including phenoxy) is 2. The summed E-state index contributed by atoms with van der Waals surface area (Å²) in [6, 6.07) is 12.2. The zero-order valence-corrected chi connectivity index (χ0v) is 16.5. The number of methoxy groups -OCH3 is 2. The number of anilines is 2. The molecule has 0 bridgehead atoms. The van der Waals surface area contributed by atoms with Gasteiger partial charge in [-0.3, -0.25) is 19.8 Å². The lowest BCUT2D eigenvalue weighted by atomic mass is 10.2. The maximum Gasteiger partial charge on any atom is 0.296 e. The summed E-state index contributed by atoms with van der Waals surface area (Å²) < 4.78 is 10.4. The van der Waals surface area contributed by atoms with Crippen LogP contribution in [-0.4, -0.2) is 62.7 Å². The van der Waals surface area contributed by atoms with E-state index in [1.165, 1.54) is 19.2 Å². The van der Waals surface area contributed by atoms with Gasteiger partial charge >= 0.3 is 0 Å². The van der Waals surface area contributed by atoms with Gasteiger partial charge in [0.25, 0.3) is 5.69 Å². The van der Waals surface area contributed by atoms with Gasteiger partial charge in [0, 0.05) is 26.2 Å². The van der Waals surface area contributed by atoms with E-state index in [9.17, 15) is 14.9 Å². The molecule has 0 aliphatic carbocycles. The number of nitro groups is 1. The number of hydrogen-bond donors (Lipinski definition) is 1. The van der Waals surface area contributed by atoms with Crippen LogP contribution < -0.4 is 19.7 Å². The number of amides is 1. The molecule has 2 aromatic rings. The van der Waals surface area contributed by atoms with Gasteiger partial charge in [0.05, 0.1) is 37.4 Å². The lowest BCUT2D eigenvalue weighted by Gasteiger charge is -2.36. The Hall–Kier alpha value is -3.33. The van der Waals surface area contributed by atoms with Crippen LogP contribution in [0.25, 0.3) is 0 Å². The van der Waals surface area contributed by atoms with Gasteiger partial charge in [-0.05, 0) is 24.3 Å². The number of benzene rings is 2. The van der Waals surface area contributed by atoms with E-state index in [2.05, 4.69) is 10.2 Å². The molecule has 0 radical (unpaired) electrons. The molecule has 1 fully saturated rings. The molecule has 2 aromatic carbocycles. The second-order valence-corrected chi connectivity index (χ2v) is 6.62. The maximum absolute atomic E-state index is 12.4. The lowest BCUT2D eigenvalue weighted by Crippen LogP contribution is -2.48. The number of rotatable bonds is 7. The second-order valence-electron chi connectivity index (χ2n) is 6.62. The first-order valence-electron chi connectivity index (χ1n) is 9.24. The fraction of sp³-hybridized carbons (Fsp3) is 0.350. The molecule has 1 amide bonds. The first-order valence-corrected chi connectivity index (χ1v) is 9.24. The Kier molecular flexibility index (Phi) is 6.50. The van der Waals surface area contributed by atoms with Crippen molar-refractivity contribution < 1.29 is 19.2 Å². The molecule has 1 aliphatic rings. The lowest BCUT2D eigenvalue weighted by molar-refractivity contribution is -0.384. The van der Waals surface area contributed by atoms with Crippen molar-refractivity contribution in [1.82, 2.24) is 4.90 Å².